The fraction of sp³-hybridized carbons (Fsp3) is 0.500. The number of ether oxygens (including phenoxy) is 2. The van der Waals surface area contributed by atoms with Crippen molar-refractivity contribution in [1.29, 1.82) is 5.26 Å². The molecule has 3 aromatic carbocycles. The summed E-state index contributed by atoms with van der Waals surface area (Å²) in [6.45, 7) is 5.83. The second kappa shape index (κ2) is 26.6. The third kappa shape index (κ3) is 15.3. The number of benzene rings is 3. The van der Waals surface area contributed by atoms with Crippen LogP contribution in [0.25, 0.3) is 11.1 Å². The van der Waals surface area contributed by atoms with Crippen molar-refractivity contribution in [3.05, 3.63) is 82.4 Å². The van der Waals surface area contributed by atoms with Crippen molar-refractivity contribution in [2.75, 3.05) is 54.0 Å². The molecule has 0 saturated carbocycles. The molecule has 0 aromatic heterocycles. The van der Waals surface area contributed by atoms with E-state index in [1.807, 2.05) is 25.1 Å². The van der Waals surface area contributed by atoms with E-state index in [1.165, 1.54) is 49.5 Å². The first-order valence-electron chi connectivity index (χ1n) is 23.2. The van der Waals surface area contributed by atoms with E-state index in [1.54, 1.807) is 56.6 Å². The minimum atomic E-state index is -1.42. The lowest BCUT2D eigenvalue weighted by Gasteiger charge is -2.33. The molecule has 0 fully saturated rings. The van der Waals surface area contributed by atoms with Gasteiger partial charge in [0.05, 0.1) is 6.07 Å². The molecule has 0 radical (unpaired) electrons. The average molecular weight is 924 g/mol. The van der Waals surface area contributed by atoms with Gasteiger partial charge in [-0.05, 0) is 85.7 Å². The van der Waals surface area contributed by atoms with Crippen LogP contribution in [0.15, 0.2) is 54.6 Å². The first-order chi connectivity index (χ1) is 32.1. The number of unbranched alkanes of at least 4 members (excludes halogenated alkanes) is 5. The molecule has 4 bridgehead atoms. The molecule has 1 heterocycles. The molecule has 67 heavy (non-hydrogen) atoms. The number of nitrogens with one attached hydrogen (secondary N) is 4. The van der Waals surface area contributed by atoms with Gasteiger partial charge < -0.3 is 52.0 Å². The summed E-state index contributed by atoms with van der Waals surface area (Å²) >= 11 is 0. The first-order valence-corrected chi connectivity index (χ1v) is 23.2. The summed E-state index contributed by atoms with van der Waals surface area (Å²) in [5, 5.41) is 20.0. The maximum atomic E-state index is 14.9. The van der Waals surface area contributed by atoms with Crippen LogP contribution in [-0.4, -0.2) is 117 Å². The Balaban J connectivity index is 1.81. The van der Waals surface area contributed by atoms with Crippen molar-refractivity contribution < 1.29 is 38.2 Å². The summed E-state index contributed by atoms with van der Waals surface area (Å²) in [6, 6.07) is 12.6. The van der Waals surface area contributed by atoms with Crippen molar-refractivity contribution in [2.24, 2.45) is 11.5 Å². The van der Waals surface area contributed by atoms with Gasteiger partial charge in [0.2, 0.25) is 29.5 Å². The highest BCUT2D eigenvalue weighted by Gasteiger charge is 2.36. The second-order valence-corrected chi connectivity index (χ2v) is 17.1. The van der Waals surface area contributed by atoms with E-state index in [0.717, 1.165) is 30.4 Å². The van der Waals surface area contributed by atoms with Crippen LogP contribution in [0.2, 0.25) is 0 Å². The number of aryl methyl sites for hydroxylation is 2. The van der Waals surface area contributed by atoms with Crippen molar-refractivity contribution in [2.45, 2.75) is 109 Å². The van der Waals surface area contributed by atoms with Gasteiger partial charge >= 0.3 is 0 Å². The Morgan fingerprint density at radius 3 is 2.16 bits per heavy atom. The minimum Gasteiger partial charge on any atom is -0.492 e. The van der Waals surface area contributed by atoms with E-state index >= 15 is 0 Å². The van der Waals surface area contributed by atoms with Crippen molar-refractivity contribution in [3.63, 3.8) is 0 Å². The molecule has 0 spiro atoms. The lowest BCUT2D eigenvalue weighted by Crippen LogP contribution is -2.56. The Bertz CT molecular complexity index is 2240. The summed E-state index contributed by atoms with van der Waals surface area (Å²) in [4.78, 5) is 86.4. The number of fused-ring (bicyclic) bond motifs is 5. The monoisotopic (exact) mass is 924 g/mol. The van der Waals surface area contributed by atoms with Crippen LogP contribution >= 0.6 is 0 Å². The molecule has 0 aliphatic carbocycles. The molecular formula is C50H69N9O8. The molecule has 4 unspecified atom stereocenters. The van der Waals surface area contributed by atoms with E-state index in [0.29, 0.717) is 39.3 Å². The highest BCUT2D eigenvalue weighted by Crippen LogP contribution is 2.40. The molecular weight excluding hydrogens is 855 g/mol. The maximum Gasteiger partial charge on any atom is 0.252 e. The predicted molar refractivity (Wildman–Crippen MR) is 256 cm³/mol. The number of carbonyl (C=O) groups is 6. The van der Waals surface area contributed by atoms with E-state index in [-0.39, 0.29) is 58.0 Å². The Morgan fingerprint density at radius 1 is 0.866 bits per heavy atom. The van der Waals surface area contributed by atoms with E-state index in [2.05, 4.69) is 28.2 Å². The summed E-state index contributed by atoms with van der Waals surface area (Å²) in [7, 11) is 4.61. The maximum absolute atomic E-state index is 14.9. The van der Waals surface area contributed by atoms with Gasteiger partial charge in [-0.25, -0.2) is 0 Å². The van der Waals surface area contributed by atoms with Crippen LogP contribution in [0.3, 0.4) is 0 Å². The van der Waals surface area contributed by atoms with Gasteiger partial charge in [-0.15, -0.1) is 0 Å². The van der Waals surface area contributed by atoms with Gasteiger partial charge in [-0.3, -0.25) is 28.8 Å². The normalized spacial score (nSPS) is 16.3. The van der Waals surface area contributed by atoms with Crippen molar-refractivity contribution in [3.8, 4) is 28.7 Å². The fourth-order valence-corrected chi connectivity index (χ4v) is 7.94. The number of nitrogens with zero attached hydrogens (tertiary/aromatic N) is 3. The van der Waals surface area contributed by atoms with Gasteiger partial charge in [0.25, 0.3) is 5.91 Å². The molecule has 8 N–H and O–H groups in total. The van der Waals surface area contributed by atoms with E-state index in [4.69, 9.17) is 20.9 Å². The smallest absolute Gasteiger partial charge is 0.252 e. The van der Waals surface area contributed by atoms with Crippen molar-refractivity contribution >= 4 is 35.4 Å². The molecule has 1 aliphatic rings. The Hall–Kier alpha value is -6.51. The zero-order valence-corrected chi connectivity index (χ0v) is 39.9. The molecule has 362 valence electrons. The zero-order chi connectivity index (χ0) is 49.0. The number of nitriles is 1. The molecule has 4 rings (SSSR count). The molecule has 17 heteroatoms. The highest BCUT2D eigenvalue weighted by atomic mass is 16.5. The lowest BCUT2D eigenvalue weighted by atomic mass is 9.93. The van der Waals surface area contributed by atoms with Crippen LogP contribution in [0.1, 0.15) is 104 Å². The number of carbonyl (C=O) groups excluding carboxylic acids is 6. The molecule has 3 aromatic rings. The molecule has 1 aliphatic heterocycles. The van der Waals surface area contributed by atoms with Crippen LogP contribution in [0.5, 0.6) is 11.5 Å². The highest BCUT2D eigenvalue weighted by molar-refractivity contribution is 6.00. The minimum absolute atomic E-state index is 0.00131. The van der Waals surface area contributed by atoms with Crippen molar-refractivity contribution in [1.82, 2.24) is 31.1 Å². The third-order valence-corrected chi connectivity index (χ3v) is 11.7. The van der Waals surface area contributed by atoms with Gasteiger partial charge in [-0.2, -0.15) is 5.26 Å². The summed E-state index contributed by atoms with van der Waals surface area (Å²) in [6.07, 6.45) is 7.68. The van der Waals surface area contributed by atoms with Gasteiger partial charge in [0.1, 0.15) is 55.4 Å². The lowest BCUT2D eigenvalue weighted by molar-refractivity contribution is -0.142. The Labute approximate surface area is 394 Å². The van der Waals surface area contributed by atoms with E-state index < -0.39 is 53.7 Å². The summed E-state index contributed by atoms with van der Waals surface area (Å²) in [5.41, 5.74) is 15.8. The van der Waals surface area contributed by atoms with Gasteiger partial charge in [0.15, 0.2) is 0 Å². The van der Waals surface area contributed by atoms with Crippen LogP contribution in [-0.2, 0) is 36.8 Å². The third-order valence-electron chi connectivity index (χ3n) is 11.7. The molecule has 4 atom stereocenters. The molecule has 0 saturated heterocycles. The number of rotatable bonds is 22. The van der Waals surface area contributed by atoms with Crippen LogP contribution in [0.4, 0.5) is 0 Å². The first kappa shape index (κ1) is 53.1. The fourth-order valence-electron chi connectivity index (χ4n) is 7.94. The number of hydrogen-bond donors (Lipinski definition) is 6. The predicted octanol–water partition coefficient (Wildman–Crippen LogP) is 3.59. The molecule has 6 amide bonds. The topological polar surface area (TPSA) is 251 Å². The number of likely N-dealkylation sites (N-methyl/N-ethyl adjacent to an activating group) is 1. The van der Waals surface area contributed by atoms with Crippen LogP contribution < -0.4 is 42.2 Å². The van der Waals surface area contributed by atoms with Crippen LogP contribution in [0, 0.1) is 18.3 Å². The van der Waals surface area contributed by atoms with Gasteiger partial charge in [-0.1, -0.05) is 63.3 Å². The van der Waals surface area contributed by atoms with Gasteiger partial charge in [0, 0.05) is 63.8 Å². The SMILES string of the molecule is CCCCCCCCc1ccc(C(=O)NC(CCC(=O)N(C)C)C(=O)N(C)C2C(=O)NC(C)C(=O)NC(C(=O)NCC#N)Cc3ccc(OCCN)c(c3)-c3cc2ccc3OCCN)c(C)c1. The quantitative estimate of drug-likeness (QED) is 0.0628. The second-order valence-electron chi connectivity index (χ2n) is 17.1. The summed E-state index contributed by atoms with van der Waals surface area (Å²) in [5.74, 6) is -2.79. The molecule has 17 nitrogen and oxygen atoms in total. The number of hydrogen-bond acceptors (Lipinski definition) is 11. The van der Waals surface area contributed by atoms with E-state index in [9.17, 15) is 34.0 Å². The Kier molecular flexibility index (Phi) is 21.1. The zero-order valence-electron chi connectivity index (χ0n) is 39.9. The number of nitrogens with two attached hydrogens (primary N) is 2. The number of amides is 6. The standard InChI is InChI=1S/C50H69N9O8/c1-7-8-9-10-11-12-13-34-14-17-37(32(2)28-34)47(62)56-40(18-21-44(60)58(4)5)50(65)59(6)45-36-16-20-43(67-27-24-53)39(31-36)38-29-35(15-19-42(38)66-26-23-52)30-41(48(63)54-25-22-51)57-46(61)33(3)55-49(45)64/h14-17,19-20,28-29,31,33,40-41,45H,7-13,18,21,23-27,30,52-53H2,1-6H3,(H,54,63)(H,55,64)(H,56,62)(H,57,61). The Morgan fingerprint density at radius 2 is 1.52 bits per heavy atom. The average Bonchev–Trinajstić information content (AvgIpc) is 3.31. The summed E-state index contributed by atoms with van der Waals surface area (Å²) < 4.78 is 12.2. The largest absolute Gasteiger partial charge is 0.492 e.